The summed E-state index contributed by atoms with van der Waals surface area (Å²) >= 11 is 0. The molecule has 2 aromatic rings. The Morgan fingerprint density at radius 3 is 2.67 bits per heavy atom. The first-order valence-electron chi connectivity index (χ1n) is 7.46. The third-order valence-electron chi connectivity index (χ3n) is 3.99. The Morgan fingerprint density at radius 1 is 1.19 bits per heavy atom. The van der Waals surface area contributed by atoms with Crippen LogP contribution in [0.4, 0.5) is 15.8 Å². The minimum atomic E-state index is -0.139. The van der Waals surface area contributed by atoms with E-state index in [0.717, 1.165) is 16.9 Å². The molecule has 0 bridgehead atoms. The summed E-state index contributed by atoms with van der Waals surface area (Å²) in [6.45, 7) is 2.65. The Bertz CT molecular complexity index is 635. The van der Waals surface area contributed by atoms with Crippen LogP contribution in [0.25, 0.3) is 0 Å². The van der Waals surface area contributed by atoms with Crippen LogP contribution in [0.15, 0.2) is 42.5 Å². The predicted octanol–water partition coefficient (Wildman–Crippen LogP) is 4.15. The van der Waals surface area contributed by atoms with Crippen LogP contribution in [-0.4, -0.2) is 13.1 Å². The maximum Gasteiger partial charge on any atom is 0.129 e. The number of hydrogen-bond acceptors (Lipinski definition) is 2. The molecule has 2 nitrogen and oxygen atoms in total. The second-order valence-electron chi connectivity index (χ2n) is 5.79. The van der Waals surface area contributed by atoms with Crippen LogP contribution < -0.4 is 10.2 Å². The number of nitrogens with zero attached hydrogens (tertiary/aromatic N) is 1. The normalized spacial score (nSPS) is 14.2. The van der Waals surface area contributed by atoms with Crippen LogP contribution in [0.1, 0.15) is 24.0 Å². The minimum absolute atomic E-state index is 0.139. The molecule has 0 saturated heterocycles. The zero-order valence-electron chi connectivity index (χ0n) is 12.6. The van der Waals surface area contributed by atoms with E-state index in [2.05, 4.69) is 35.3 Å². The van der Waals surface area contributed by atoms with Crippen molar-refractivity contribution in [3.8, 4) is 0 Å². The second-order valence-corrected chi connectivity index (χ2v) is 5.79. The van der Waals surface area contributed by atoms with Gasteiger partial charge in [0, 0.05) is 36.6 Å². The van der Waals surface area contributed by atoms with Gasteiger partial charge in [0.1, 0.15) is 5.82 Å². The van der Waals surface area contributed by atoms with Gasteiger partial charge in [0.15, 0.2) is 0 Å². The number of rotatable bonds is 5. The van der Waals surface area contributed by atoms with Crippen LogP contribution in [0.3, 0.4) is 0 Å². The van der Waals surface area contributed by atoms with Crippen molar-refractivity contribution in [2.75, 3.05) is 11.9 Å². The van der Waals surface area contributed by atoms with Gasteiger partial charge >= 0.3 is 0 Å². The van der Waals surface area contributed by atoms with E-state index < -0.39 is 0 Å². The van der Waals surface area contributed by atoms with Crippen molar-refractivity contribution < 1.29 is 4.39 Å². The quantitative estimate of drug-likeness (QED) is 0.887. The average molecular weight is 284 g/mol. The van der Waals surface area contributed by atoms with Crippen LogP contribution >= 0.6 is 0 Å². The maximum absolute atomic E-state index is 14.2. The molecule has 3 rings (SSSR count). The molecular formula is C18H21FN2. The van der Waals surface area contributed by atoms with Crippen molar-refractivity contribution in [3.05, 3.63) is 59.4 Å². The van der Waals surface area contributed by atoms with Crippen LogP contribution in [0.2, 0.25) is 0 Å². The molecule has 1 saturated carbocycles. The third kappa shape index (κ3) is 3.24. The third-order valence-corrected chi connectivity index (χ3v) is 3.99. The van der Waals surface area contributed by atoms with Gasteiger partial charge in [0.25, 0.3) is 0 Å². The number of hydrogen-bond donors (Lipinski definition) is 1. The van der Waals surface area contributed by atoms with E-state index in [1.165, 1.54) is 24.5 Å². The highest BCUT2D eigenvalue weighted by molar-refractivity contribution is 5.66. The van der Waals surface area contributed by atoms with Gasteiger partial charge in [0.2, 0.25) is 0 Å². The van der Waals surface area contributed by atoms with E-state index >= 15 is 0 Å². The molecule has 110 valence electrons. The Kier molecular flexibility index (Phi) is 3.93. The molecule has 1 N–H and O–H groups in total. The molecule has 2 aromatic carbocycles. The largest absolute Gasteiger partial charge is 0.344 e. The average Bonchev–Trinajstić information content (AvgIpc) is 3.29. The molecule has 0 atom stereocenters. The van der Waals surface area contributed by atoms with E-state index in [9.17, 15) is 4.39 Å². The Labute approximate surface area is 125 Å². The number of anilines is 2. The molecule has 21 heavy (non-hydrogen) atoms. The molecule has 1 aliphatic carbocycles. The van der Waals surface area contributed by atoms with E-state index in [0.29, 0.717) is 12.6 Å². The predicted molar refractivity (Wildman–Crippen MR) is 85.5 cm³/mol. The minimum Gasteiger partial charge on any atom is -0.344 e. The fourth-order valence-electron chi connectivity index (χ4n) is 2.55. The number of halogens is 1. The highest BCUT2D eigenvalue weighted by Gasteiger charge is 2.22. The Balaban J connectivity index is 1.90. The molecular weight excluding hydrogens is 263 g/mol. The standard InChI is InChI=1S/C18H21FN2/c1-13-5-3-6-15(11-13)21(2)18-8-4-7-17(19)16(18)12-20-14-9-10-14/h3-8,11,14,20H,9-10,12H2,1-2H3. The lowest BCUT2D eigenvalue weighted by Gasteiger charge is -2.23. The zero-order chi connectivity index (χ0) is 14.8. The van der Waals surface area contributed by atoms with Gasteiger partial charge in [-0.25, -0.2) is 4.39 Å². The topological polar surface area (TPSA) is 15.3 Å². The molecule has 1 fully saturated rings. The van der Waals surface area contributed by atoms with Gasteiger partial charge in [0.05, 0.1) is 0 Å². The molecule has 0 aromatic heterocycles. The van der Waals surface area contributed by atoms with Gasteiger partial charge < -0.3 is 10.2 Å². The molecule has 0 unspecified atom stereocenters. The van der Waals surface area contributed by atoms with E-state index in [-0.39, 0.29) is 5.82 Å². The Morgan fingerprint density at radius 2 is 1.95 bits per heavy atom. The summed E-state index contributed by atoms with van der Waals surface area (Å²) in [6.07, 6.45) is 2.41. The lowest BCUT2D eigenvalue weighted by Crippen LogP contribution is -2.20. The number of nitrogens with one attached hydrogen (secondary N) is 1. The van der Waals surface area contributed by atoms with Crippen LogP contribution in [0, 0.1) is 12.7 Å². The second kappa shape index (κ2) is 5.86. The van der Waals surface area contributed by atoms with E-state index in [1.54, 1.807) is 6.07 Å². The van der Waals surface area contributed by atoms with Crippen molar-refractivity contribution in [1.29, 1.82) is 0 Å². The monoisotopic (exact) mass is 284 g/mol. The van der Waals surface area contributed by atoms with Crippen LogP contribution in [-0.2, 0) is 6.54 Å². The summed E-state index contributed by atoms with van der Waals surface area (Å²) in [5, 5.41) is 3.41. The van der Waals surface area contributed by atoms with Crippen molar-refractivity contribution >= 4 is 11.4 Å². The van der Waals surface area contributed by atoms with Crippen molar-refractivity contribution in [1.82, 2.24) is 5.32 Å². The molecule has 0 radical (unpaired) electrons. The summed E-state index contributed by atoms with van der Waals surface area (Å²) in [6, 6.07) is 14.1. The fourth-order valence-corrected chi connectivity index (χ4v) is 2.55. The smallest absolute Gasteiger partial charge is 0.129 e. The molecule has 0 aliphatic heterocycles. The number of aryl methyl sites for hydroxylation is 1. The summed E-state index contributed by atoms with van der Waals surface area (Å²) in [5.74, 6) is -0.139. The zero-order valence-corrected chi connectivity index (χ0v) is 12.6. The molecule has 0 amide bonds. The van der Waals surface area contributed by atoms with E-state index in [1.807, 2.05) is 19.2 Å². The molecule has 1 aliphatic rings. The van der Waals surface area contributed by atoms with Crippen LogP contribution in [0.5, 0.6) is 0 Å². The summed E-state index contributed by atoms with van der Waals surface area (Å²) in [5.41, 5.74) is 3.95. The van der Waals surface area contributed by atoms with Gasteiger partial charge in [-0.2, -0.15) is 0 Å². The van der Waals surface area contributed by atoms with Gasteiger partial charge in [-0.1, -0.05) is 18.2 Å². The highest BCUT2D eigenvalue weighted by Crippen LogP contribution is 2.30. The molecule has 0 spiro atoms. The maximum atomic E-state index is 14.2. The van der Waals surface area contributed by atoms with Crippen molar-refractivity contribution in [2.45, 2.75) is 32.4 Å². The SMILES string of the molecule is Cc1cccc(N(C)c2cccc(F)c2CNC2CC2)c1. The first-order chi connectivity index (χ1) is 10.1. The van der Waals surface area contributed by atoms with Crippen molar-refractivity contribution in [2.24, 2.45) is 0 Å². The van der Waals surface area contributed by atoms with E-state index in [4.69, 9.17) is 0 Å². The summed E-state index contributed by atoms with van der Waals surface area (Å²) in [7, 11) is 1.99. The van der Waals surface area contributed by atoms with Crippen molar-refractivity contribution in [3.63, 3.8) is 0 Å². The fraction of sp³-hybridized carbons (Fsp3) is 0.333. The van der Waals surface area contributed by atoms with Gasteiger partial charge in [-0.3, -0.25) is 0 Å². The highest BCUT2D eigenvalue weighted by atomic mass is 19.1. The lowest BCUT2D eigenvalue weighted by atomic mass is 10.1. The lowest BCUT2D eigenvalue weighted by molar-refractivity contribution is 0.587. The van der Waals surface area contributed by atoms with Gasteiger partial charge in [-0.15, -0.1) is 0 Å². The summed E-state index contributed by atoms with van der Waals surface area (Å²) in [4.78, 5) is 2.06. The Hall–Kier alpha value is -1.87. The molecule has 0 heterocycles. The molecule has 3 heteroatoms. The first kappa shape index (κ1) is 14.1. The summed E-state index contributed by atoms with van der Waals surface area (Å²) < 4.78 is 14.2. The number of benzene rings is 2. The van der Waals surface area contributed by atoms with Gasteiger partial charge in [-0.05, 0) is 49.6 Å². The first-order valence-corrected chi connectivity index (χ1v) is 7.46.